The molecule has 0 amide bonds. The molecule has 10 rings (SSSR count). The van der Waals surface area contributed by atoms with Crippen LogP contribution in [0.3, 0.4) is 0 Å². The highest BCUT2D eigenvalue weighted by Gasteiger charge is 2.36. The maximum absolute atomic E-state index is 5.27. The van der Waals surface area contributed by atoms with E-state index in [1.54, 1.807) is 0 Å². The van der Waals surface area contributed by atoms with E-state index in [0.717, 1.165) is 22.6 Å². The van der Waals surface area contributed by atoms with Crippen LogP contribution in [0, 0.1) is 0 Å². The van der Waals surface area contributed by atoms with E-state index in [-0.39, 0.29) is 17.7 Å². The van der Waals surface area contributed by atoms with Crippen LogP contribution in [0.25, 0.3) is 49.7 Å². The molecule has 4 heteroatoms. The Morgan fingerprint density at radius 1 is 0.519 bits per heavy atom. The Kier molecular flexibility index (Phi) is 7.02. The highest BCUT2D eigenvalue weighted by Crippen LogP contribution is 2.51. The molecule has 1 aliphatic carbocycles. The third-order valence-electron chi connectivity index (χ3n) is 11.1. The topological polar surface area (TPSA) is 41.4 Å². The summed E-state index contributed by atoms with van der Waals surface area (Å²) in [7, 11) is 0. The number of aliphatic imine (C=N–C) groups is 1. The van der Waals surface area contributed by atoms with Crippen LogP contribution in [0.15, 0.2) is 175 Å². The highest BCUT2D eigenvalue weighted by molar-refractivity contribution is 6.12. The minimum Gasteiger partial charge on any atom is -0.350 e. The quantitative estimate of drug-likeness (QED) is 0.191. The molecule has 7 aromatic carbocycles. The van der Waals surface area contributed by atoms with Gasteiger partial charge in [-0.2, -0.15) is 0 Å². The van der Waals surface area contributed by atoms with Crippen LogP contribution in [0.5, 0.6) is 0 Å². The summed E-state index contributed by atoms with van der Waals surface area (Å²) in [5.74, 6) is 0.880. The summed E-state index contributed by atoms with van der Waals surface area (Å²) in [6.07, 6.45) is -0.358. The van der Waals surface area contributed by atoms with Crippen LogP contribution in [0.2, 0.25) is 0 Å². The molecule has 250 valence electrons. The van der Waals surface area contributed by atoms with Crippen molar-refractivity contribution in [1.29, 1.82) is 0 Å². The Morgan fingerprint density at radius 2 is 1.19 bits per heavy atom. The predicted molar refractivity (Wildman–Crippen MR) is 215 cm³/mol. The lowest BCUT2D eigenvalue weighted by molar-refractivity contribution is 0.409. The second-order valence-electron chi connectivity index (χ2n) is 14.5. The van der Waals surface area contributed by atoms with E-state index in [2.05, 4.69) is 193 Å². The van der Waals surface area contributed by atoms with Crippen LogP contribution < -0.4 is 10.6 Å². The molecule has 0 radical (unpaired) electrons. The van der Waals surface area contributed by atoms with Crippen molar-refractivity contribution in [2.24, 2.45) is 4.99 Å². The molecule has 0 spiro atoms. The fourth-order valence-corrected chi connectivity index (χ4v) is 8.42. The van der Waals surface area contributed by atoms with Gasteiger partial charge in [0.1, 0.15) is 18.2 Å². The number of rotatable bonds is 5. The monoisotopic (exact) mass is 670 g/mol. The Bertz CT molecular complexity index is 2650. The van der Waals surface area contributed by atoms with Crippen LogP contribution in [0.4, 0.5) is 0 Å². The molecule has 1 aromatic heterocycles. The fourth-order valence-electron chi connectivity index (χ4n) is 8.42. The zero-order valence-corrected chi connectivity index (χ0v) is 29.2. The zero-order chi connectivity index (χ0) is 34.8. The minimum absolute atomic E-state index is 0.101. The number of fused-ring (bicyclic) bond motifs is 6. The van der Waals surface area contributed by atoms with E-state index in [9.17, 15) is 0 Å². The molecule has 4 nitrogen and oxygen atoms in total. The van der Waals surface area contributed by atoms with Crippen molar-refractivity contribution in [3.05, 3.63) is 198 Å². The van der Waals surface area contributed by atoms with Gasteiger partial charge in [0, 0.05) is 27.4 Å². The summed E-state index contributed by atoms with van der Waals surface area (Å²) in [4.78, 5) is 5.27. The van der Waals surface area contributed by atoms with Gasteiger partial charge >= 0.3 is 0 Å². The van der Waals surface area contributed by atoms with Gasteiger partial charge in [-0.1, -0.05) is 153 Å². The summed E-state index contributed by atoms with van der Waals surface area (Å²) in [5, 5.41) is 9.99. The van der Waals surface area contributed by atoms with Crippen LogP contribution in [-0.2, 0) is 5.41 Å². The second kappa shape index (κ2) is 11.9. The molecule has 2 unspecified atom stereocenters. The van der Waals surface area contributed by atoms with Crippen molar-refractivity contribution >= 4 is 27.6 Å². The number of nitrogens with zero attached hydrogens (tertiary/aromatic N) is 2. The molecule has 0 fully saturated rings. The average molecular weight is 671 g/mol. The van der Waals surface area contributed by atoms with Gasteiger partial charge in [-0.3, -0.25) is 5.32 Å². The first kappa shape index (κ1) is 30.6. The molecule has 2 N–H and O–H groups in total. The number of nitrogens with one attached hydrogen (secondary N) is 2. The van der Waals surface area contributed by atoms with E-state index in [1.807, 2.05) is 6.07 Å². The summed E-state index contributed by atoms with van der Waals surface area (Å²) in [6.45, 7) is 4.72. The fraction of sp³-hybridized carbons (Fsp3) is 0.104. The summed E-state index contributed by atoms with van der Waals surface area (Å²) in [5.41, 5.74) is 14.6. The van der Waals surface area contributed by atoms with Crippen molar-refractivity contribution < 1.29 is 0 Å². The zero-order valence-electron chi connectivity index (χ0n) is 29.2. The van der Waals surface area contributed by atoms with Crippen molar-refractivity contribution in [3.8, 4) is 27.9 Å². The van der Waals surface area contributed by atoms with Gasteiger partial charge in [-0.05, 0) is 74.8 Å². The van der Waals surface area contributed by atoms with E-state index < -0.39 is 0 Å². The average Bonchev–Trinajstić information content (AvgIpc) is 3.65. The largest absolute Gasteiger partial charge is 0.350 e. The number of aromatic nitrogens is 1. The third-order valence-corrected chi connectivity index (χ3v) is 11.1. The smallest absolute Gasteiger partial charge is 0.131 e. The second-order valence-corrected chi connectivity index (χ2v) is 14.5. The molecule has 0 saturated heterocycles. The van der Waals surface area contributed by atoms with Gasteiger partial charge in [0.2, 0.25) is 0 Å². The van der Waals surface area contributed by atoms with Crippen molar-refractivity contribution in [1.82, 2.24) is 15.2 Å². The molecule has 2 aliphatic rings. The van der Waals surface area contributed by atoms with E-state index in [1.165, 1.54) is 60.8 Å². The first-order valence-corrected chi connectivity index (χ1v) is 18.1. The normalized spacial score (nSPS) is 17.4. The number of benzene rings is 7. The molecule has 2 atom stereocenters. The standard InChI is InChI=1S/C48H38N4/c1-48(2)41-24-13-12-23-37(41)39-29-40-38-26-25-34(31-15-6-3-7-16-31)28-43(38)52(44(40)30-42(39)48)36-22-14-21-35(27-36)47-50-45(32-17-8-4-9-18-32)49-46(51-47)33-19-10-5-11-20-33/h3-30,45,47,50H,1-2H3,(H,49,51). The lowest BCUT2D eigenvalue weighted by Gasteiger charge is -2.32. The number of amidine groups is 1. The number of hydrogen-bond donors (Lipinski definition) is 2. The van der Waals surface area contributed by atoms with E-state index in [0.29, 0.717) is 0 Å². The lowest BCUT2D eigenvalue weighted by atomic mass is 9.82. The predicted octanol–water partition coefficient (Wildman–Crippen LogP) is 11.1. The first-order valence-electron chi connectivity index (χ1n) is 18.1. The van der Waals surface area contributed by atoms with Gasteiger partial charge < -0.3 is 9.88 Å². The van der Waals surface area contributed by atoms with E-state index >= 15 is 0 Å². The summed E-state index contributed by atoms with van der Waals surface area (Å²) < 4.78 is 2.47. The van der Waals surface area contributed by atoms with Gasteiger partial charge in [-0.15, -0.1) is 0 Å². The molecule has 0 saturated carbocycles. The Hall–Kier alpha value is -6.23. The van der Waals surface area contributed by atoms with Crippen molar-refractivity contribution in [2.45, 2.75) is 31.6 Å². The Labute approximate surface area is 304 Å². The Morgan fingerprint density at radius 3 is 1.98 bits per heavy atom. The van der Waals surface area contributed by atoms with Crippen LogP contribution >= 0.6 is 0 Å². The molecule has 0 bridgehead atoms. The van der Waals surface area contributed by atoms with Gasteiger partial charge in [0.15, 0.2) is 0 Å². The summed E-state index contributed by atoms with van der Waals surface area (Å²) >= 11 is 0. The van der Waals surface area contributed by atoms with Gasteiger partial charge in [-0.25, -0.2) is 4.99 Å². The molecular formula is C48H38N4. The van der Waals surface area contributed by atoms with Crippen molar-refractivity contribution in [2.75, 3.05) is 0 Å². The Balaban J connectivity index is 1.17. The molecule has 8 aromatic rings. The molecule has 2 heterocycles. The van der Waals surface area contributed by atoms with Crippen LogP contribution in [-0.4, -0.2) is 10.4 Å². The first-order chi connectivity index (χ1) is 25.5. The maximum atomic E-state index is 5.27. The molecular weight excluding hydrogens is 633 g/mol. The minimum atomic E-state index is -0.257. The highest BCUT2D eigenvalue weighted by atomic mass is 15.3. The van der Waals surface area contributed by atoms with E-state index in [4.69, 9.17) is 4.99 Å². The number of hydrogen-bond acceptors (Lipinski definition) is 3. The van der Waals surface area contributed by atoms with Gasteiger partial charge in [0.25, 0.3) is 0 Å². The summed E-state index contributed by atoms with van der Waals surface area (Å²) in [6, 6.07) is 61.3. The molecule has 1 aliphatic heterocycles. The third kappa shape index (κ3) is 4.90. The lowest BCUT2D eigenvalue weighted by Crippen LogP contribution is -2.44. The van der Waals surface area contributed by atoms with Crippen LogP contribution in [0.1, 0.15) is 54.0 Å². The molecule has 52 heavy (non-hydrogen) atoms. The SMILES string of the molecule is CC1(C)c2ccccc2-c2cc3c4ccc(-c5ccccc5)cc4n(-c4cccc(C5N=C(c6ccccc6)NC(c6ccccc6)N5)c4)c3cc21. The maximum Gasteiger partial charge on any atom is 0.131 e. The van der Waals surface area contributed by atoms with Crippen molar-refractivity contribution in [3.63, 3.8) is 0 Å². The van der Waals surface area contributed by atoms with Gasteiger partial charge in [0.05, 0.1) is 11.0 Å².